The first-order chi connectivity index (χ1) is 6.45. The SMILES string of the molecule is c1cc(CNC2CCCSC2)c[nH]1. The molecule has 0 aromatic carbocycles. The van der Waals surface area contributed by atoms with Crippen LogP contribution in [0.15, 0.2) is 18.5 Å². The van der Waals surface area contributed by atoms with E-state index >= 15 is 0 Å². The highest BCUT2D eigenvalue weighted by molar-refractivity contribution is 7.99. The van der Waals surface area contributed by atoms with Crippen molar-refractivity contribution in [3.8, 4) is 0 Å². The van der Waals surface area contributed by atoms with Crippen LogP contribution < -0.4 is 5.32 Å². The maximum absolute atomic E-state index is 3.58. The van der Waals surface area contributed by atoms with Gasteiger partial charge >= 0.3 is 0 Å². The molecule has 1 aromatic heterocycles. The van der Waals surface area contributed by atoms with Crippen LogP contribution in [0.25, 0.3) is 0 Å². The monoisotopic (exact) mass is 196 g/mol. The Labute approximate surface area is 83.5 Å². The zero-order chi connectivity index (χ0) is 8.93. The molecule has 2 heterocycles. The average molecular weight is 196 g/mol. The van der Waals surface area contributed by atoms with Crippen molar-refractivity contribution in [3.05, 3.63) is 24.0 Å². The molecule has 2 N–H and O–H groups in total. The van der Waals surface area contributed by atoms with Gasteiger partial charge in [0.1, 0.15) is 0 Å². The summed E-state index contributed by atoms with van der Waals surface area (Å²) < 4.78 is 0. The minimum atomic E-state index is 0.730. The van der Waals surface area contributed by atoms with Gasteiger partial charge in [0.25, 0.3) is 0 Å². The first-order valence-electron chi connectivity index (χ1n) is 4.88. The maximum Gasteiger partial charge on any atom is 0.0223 e. The predicted molar refractivity (Wildman–Crippen MR) is 58.0 cm³/mol. The van der Waals surface area contributed by atoms with Gasteiger partial charge in [-0.2, -0.15) is 11.8 Å². The van der Waals surface area contributed by atoms with Crippen LogP contribution in [-0.2, 0) is 6.54 Å². The number of H-pyrrole nitrogens is 1. The summed E-state index contributed by atoms with van der Waals surface area (Å²) in [5, 5.41) is 3.58. The Kier molecular flexibility index (Phi) is 3.33. The Morgan fingerprint density at radius 1 is 1.62 bits per heavy atom. The van der Waals surface area contributed by atoms with E-state index in [1.165, 1.54) is 29.9 Å². The number of thioether (sulfide) groups is 1. The van der Waals surface area contributed by atoms with Gasteiger partial charge in [-0.05, 0) is 30.2 Å². The van der Waals surface area contributed by atoms with Crippen molar-refractivity contribution in [2.24, 2.45) is 0 Å². The topological polar surface area (TPSA) is 27.8 Å². The molecular formula is C10H16N2S. The summed E-state index contributed by atoms with van der Waals surface area (Å²) in [4.78, 5) is 3.07. The highest BCUT2D eigenvalue weighted by Crippen LogP contribution is 2.17. The van der Waals surface area contributed by atoms with E-state index in [0.29, 0.717) is 0 Å². The summed E-state index contributed by atoms with van der Waals surface area (Å²) in [5.41, 5.74) is 1.36. The molecule has 1 atom stereocenters. The smallest absolute Gasteiger partial charge is 0.0223 e. The van der Waals surface area contributed by atoms with Gasteiger partial charge in [0.05, 0.1) is 0 Å². The largest absolute Gasteiger partial charge is 0.367 e. The van der Waals surface area contributed by atoms with Gasteiger partial charge in [-0.15, -0.1) is 0 Å². The summed E-state index contributed by atoms with van der Waals surface area (Å²) >= 11 is 2.07. The minimum absolute atomic E-state index is 0.730. The molecule has 1 aromatic rings. The zero-order valence-electron chi connectivity index (χ0n) is 7.75. The molecule has 1 unspecified atom stereocenters. The molecule has 72 valence electrons. The van der Waals surface area contributed by atoms with Gasteiger partial charge in [0.2, 0.25) is 0 Å². The van der Waals surface area contributed by atoms with E-state index < -0.39 is 0 Å². The Hall–Kier alpha value is -0.410. The fourth-order valence-electron chi connectivity index (χ4n) is 1.63. The van der Waals surface area contributed by atoms with E-state index in [1.54, 1.807) is 0 Å². The second-order valence-corrected chi connectivity index (χ2v) is 4.66. The van der Waals surface area contributed by atoms with Crippen LogP contribution in [0.2, 0.25) is 0 Å². The summed E-state index contributed by atoms with van der Waals surface area (Å²) in [6.45, 7) is 1.01. The minimum Gasteiger partial charge on any atom is -0.367 e. The van der Waals surface area contributed by atoms with Crippen molar-refractivity contribution >= 4 is 11.8 Å². The Bertz CT molecular complexity index is 227. The standard InChI is InChI=1S/C10H16N2S/c1-2-10(8-13-5-1)12-7-9-3-4-11-6-9/h3-4,6,10-12H,1-2,5,7-8H2. The molecular weight excluding hydrogens is 180 g/mol. The molecule has 13 heavy (non-hydrogen) atoms. The zero-order valence-corrected chi connectivity index (χ0v) is 8.57. The van der Waals surface area contributed by atoms with E-state index in [1.807, 2.05) is 6.20 Å². The first kappa shape index (κ1) is 9.16. The van der Waals surface area contributed by atoms with Crippen LogP contribution in [0.5, 0.6) is 0 Å². The molecule has 0 amide bonds. The van der Waals surface area contributed by atoms with E-state index in [0.717, 1.165) is 12.6 Å². The highest BCUT2D eigenvalue weighted by atomic mass is 32.2. The second-order valence-electron chi connectivity index (χ2n) is 3.51. The van der Waals surface area contributed by atoms with E-state index in [4.69, 9.17) is 0 Å². The van der Waals surface area contributed by atoms with Crippen LogP contribution in [0.3, 0.4) is 0 Å². The van der Waals surface area contributed by atoms with Gasteiger partial charge in [-0.3, -0.25) is 0 Å². The lowest BCUT2D eigenvalue weighted by atomic mass is 10.2. The third kappa shape index (κ3) is 2.78. The Morgan fingerprint density at radius 2 is 2.62 bits per heavy atom. The van der Waals surface area contributed by atoms with Crippen LogP contribution in [0, 0.1) is 0 Å². The molecule has 0 saturated carbocycles. The summed E-state index contributed by atoms with van der Waals surface area (Å²) in [7, 11) is 0. The molecule has 0 radical (unpaired) electrons. The average Bonchev–Trinajstić information content (AvgIpc) is 2.69. The Morgan fingerprint density at radius 3 is 3.31 bits per heavy atom. The third-order valence-electron chi connectivity index (χ3n) is 2.42. The van der Waals surface area contributed by atoms with E-state index in [9.17, 15) is 0 Å². The van der Waals surface area contributed by atoms with E-state index in [2.05, 4.69) is 34.3 Å². The number of rotatable bonds is 3. The lowest BCUT2D eigenvalue weighted by Crippen LogP contribution is -2.33. The predicted octanol–water partition coefficient (Wildman–Crippen LogP) is 2.00. The number of aromatic amines is 1. The summed E-state index contributed by atoms with van der Waals surface area (Å²) in [6.07, 6.45) is 6.75. The van der Waals surface area contributed by atoms with Gasteiger partial charge in [0.15, 0.2) is 0 Å². The van der Waals surface area contributed by atoms with Crippen LogP contribution >= 0.6 is 11.8 Å². The molecule has 0 aliphatic carbocycles. The van der Waals surface area contributed by atoms with Crippen molar-refractivity contribution in [1.82, 2.24) is 10.3 Å². The number of hydrogen-bond donors (Lipinski definition) is 2. The normalized spacial score (nSPS) is 23.2. The van der Waals surface area contributed by atoms with Gasteiger partial charge in [-0.1, -0.05) is 0 Å². The first-order valence-corrected chi connectivity index (χ1v) is 6.03. The lowest BCUT2D eigenvalue weighted by molar-refractivity contribution is 0.508. The molecule has 1 aliphatic rings. The van der Waals surface area contributed by atoms with Crippen molar-refractivity contribution in [1.29, 1.82) is 0 Å². The second kappa shape index (κ2) is 4.72. The molecule has 0 spiro atoms. The summed E-state index contributed by atoms with van der Waals surface area (Å²) in [5.74, 6) is 2.63. The molecule has 3 heteroatoms. The van der Waals surface area contributed by atoms with Crippen LogP contribution in [0.1, 0.15) is 18.4 Å². The molecule has 0 bridgehead atoms. The fraction of sp³-hybridized carbons (Fsp3) is 0.600. The van der Waals surface area contributed by atoms with Gasteiger partial charge in [0, 0.05) is 30.7 Å². The maximum atomic E-state index is 3.58. The lowest BCUT2D eigenvalue weighted by Gasteiger charge is -2.22. The molecule has 1 saturated heterocycles. The molecule has 1 fully saturated rings. The number of hydrogen-bond acceptors (Lipinski definition) is 2. The molecule has 1 aliphatic heterocycles. The van der Waals surface area contributed by atoms with Crippen molar-refractivity contribution in [2.75, 3.05) is 11.5 Å². The number of nitrogens with one attached hydrogen (secondary N) is 2. The fourth-order valence-corrected chi connectivity index (χ4v) is 2.74. The summed E-state index contributed by atoms with van der Waals surface area (Å²) in [6, 6.07) is 2.86. The number of aromatic nitrogens is 1. The highest BCUT2D eigenvalue weighted by Gasteiger charge is 2.12. The van der Waals surface area contributed by atoms with Crippen molar-refractivity contribution in [3.63, 3.8) is 0 Å². The molecule has 2 nitrogen and oxygen atoms in total. The van der Waals surface area contributed by atoms with E-state index in [-0.39, 0.29) is 0 Å². The van der Waals surface area contributed by atoms with Gasteiger partial charge < -0.3 is 10.3 Å². The quantitative estimate of drug-likeness (QED) is 0.774. The van der Waals surface area contributed by atoms with Gasteiger partial charge in [-0.25, -0.2) is 0 Å². The van der Waals surface area contributed by atoms with Crippen molar-refractivity contribution in [2.45, 2.75) is 25.4 Å². The van der Waals surface area contributed by atoms with Crippen LogP contribution in [0.4, 0.5) is 0 Å². The molecule has 2 rings (SSSR count). The van der Waals surface area contributed by atoms with Crippen LogP contribution in [-0.4, -0.2) is 22.5 Å². The third-order valence-corrected chi connectivity index (χ3v) is 3.63. The Balaban J connectivity index is 1.72. The van der Waals surface area contributed by atoms with Crippen molar-refractivity contribution < 1.29 is 0 Å².